The number of hydrogen-bond acceptors (Lipinski definition) is 5. The molecular formula is C21H25N3O5S. The number of imidazole rings is 1. The molecule has 9 heteroatoms. The van der Waals surface area contributed by atoms with E-state index in [-0.39, 0.29) is 27.6 Å². The second-order valence-corrected chi connectivity index (χ2v) is 9.14. The number of aromatic nitrogens is 2. The second-order valence-electron chi connectivity index (χ2n) is 7.06. The third-order valence-corrected chi connectivity index (χ3v) is 6.91. The first-order valence-electron chi connectivity index (χ1n) is 9.57. The van der Waals surface area contributed by atoms with Gasteiger partial charge >= 0.3 is 5.69 Å². The minimum Gasteiger partial charge on any atom is -0.496 e. The predicted octanol–water partition coefficient (Wildman–Crippen LogP) is 2.71. The van der Waals surface area contributed by atoms with Gasteiger partial charge in [0.15, 0.2) is 9.84 Å². The molecule has 0 fully saturated rings. The lowest BCUT2D eigenvalue weighted by molar-refractivity contribution is 0.102. The van der Waals surface area contributed by atoms with E-state index in [9.17, 15) is 18.0 Å². The number of hydrogen-bond donors (Lipinski definition) is 1. The maximum Gasteiger partial charge on any atom is 0.328 e. The molecule has 0 saturated carbocycles. The number of amides is 1. The van der Waals surface area contributed by atoms with Crippen LogP contribution in [-0.4, -0.2) is 36.3 Å². The molecule has 1 amide bonds. The minimum atomic E-state index is -3.68. The summed E-state index contributed by atoms with van der Waals surface area (Å²) >= 11 is 0. The smallest absolute Gasteiger partial charge is 0.328 e. The normalized spacial score (nSPS) is 11.6. The molecule has 0 unspecified atom stereocenters. The standard InChI is InChI=1S/C21H25N3O5S/c1-5-6-11-30(27,28)19-13-17-16(23(2)21(26)24(17)3)12-15(19)22-20(25)14-9-7-8-10-18(14)29-4/h7-10,12-13H,5-6,11H2,1-4H3,(H,22,25). The summed E-state index contributed by atoms with van der Waals surface area (Å²) in [7, 11) is 0.960. The van der Waals surface area contributed by atoms with Gasteiger partial charge in [0.2, 0.25) is 0 Å². The number of para-hydroxylation sites is 1. The van der Waals surface area contributed by atoms with E-state index < -0.39 is 15.7 Å². The molecule has 1 heterocycles. The molecule has 1 N–H and O–H groups in total. The van der Waals surface area contributed by atoms with Crippen LogP contribution in [0, 0.1) is 0 Å². The Morgan fingerprint density at radius 3 is 2.37 bits per heavy atom. The molecule has 0 aliphatic rings. The summed E-state index contributed by atoms with van der Waals surface area (Å²) in [6.45, 7) is 1.91. The van der Waals surface area contributed by atoms with Crippen molar-refractivity contribution < 1.29 is 17.9 Å². The number of carbonyl (C=O) groups excluding carboxylic acids is 1. The summed E-state index contributed by atoms with van der Waals surface area (Å²) in [5.74, 6) is -0.175. The highest BCUT2D eigenvalue weighted by molar-refractivity contribution is 7.91. The number of unbranched alkanes of at least 4 members (excludes halogenated alkanes) is 1. The van der Waals surface area contributed by atoms with Crippen LogP contribution in [0.2, 0.25) is 0 Å². The SMILES string of the molecule is CCCCS(=O)(=O)c1cc2c(cc1NC(=O)c1ccccc1OC)n(C)c(=O)n2C. The number of methoxy groups -OCH3 is 1. The van der Waals surface area contributed by atoms with Crippen molar-refractivity contribution in [2.45, 2.75) is 24.7 Å². The van der Waals surface area contributed by atoms with E-state index in [1.165, 1.54) is 28.4 Å². The highest BCUT2D eigenvalue weighted by atomic mass is 32.2. The predicted molar refractivity (Wildman–Crippen MR) is 116 cm³/mol. The molecule has 0 aliphatic heterocycles. The number of nitrogens with one attached hydrogen (secondary N) is 1. The van der Waals surface area contributed by atoms with Crippen molar-refractivity contribution in [1.29, 1.82) is 0 Å². The molecule has 3 aromatic rings. The number of anilines is 1. The summed E-state index contributed by atoms with van der Waals surface area (Å²) in [5.41, 5.74) is 1.13. The third kappa shape index (κ3) is 3.85. The fourth-order valence-corrected chi connectivity index (χ4v) is 4.97. The molecule has 0 radical (unpaired) electrons. The Morgan fingerprint density at radius 1 is 1.10 bits per heavy atom. The fraction of sp³-hybridized carbons (Fsp3) is 0.333. The molecule has 0 atom stereocenters. The summed E-state index contributed by atoms with van der Waals surface area (Å²) in [5, 5.41) is 2.71. The van der Waals surface area contributed by atoms with Crippen molar-refractivity contribution in [3.05, 3.63) is 52.4 Å². The van der Waals surface area contributed by atoms with Crippen LogP contribution in [0.4, 0.5) is 5.69 Å². The Hall–Kier alpha value is -3.07. The zero-order chi connectivity index (χ0) is 22.1. The van der Waals surface area contributed by atoms with E-state index in [1.54, 1.807) is 38.4 Å². The van der Waals surface area contributed by atoms with Crippen LogP contribution >= 0.6 is 0 Å². The minimum absolute atomic E-state index is 0.00658. The Bertz CT molecular complexity index is 1270. The number of sulfone groups is 1. The Kier molecular flexibility index (Phi) is 6.02. The molecular weight excluding hydrogens is 406 g/mol. The van der Waals surface area contributed by atoms with Gasteiger partial charge in [0.05, 0.1) is 40.0 Å². The lowest BCUT2D eigenvalue weighted by atomic mass is 10.1. The molecule has 0 bridgehead atoms. The molecule has 0 aliphatic carbocycles. The number of nitrogens with zero attached hydrogens (tertiary/aromatic N) is 2. The van der Waals surface area contributed by atoms with Crippen LogP contribution in [0.5, 0.6) is 5.75 Å². The molecule has 0 spiro atoms. The summed E-state index contributed by atoms with van der Waals surface area (Å²) in [6, 6.07) is 9.67. The highest BCUT2D eigenvalue weighted by Crippen LogP contribution is 2.30. The van der Waals surface area contributed by atoms with E-state index >= 15 is 0 Å². The molecule has 160 valence electrons. The second kappa shape index (κ2) is 8.35. The Morgan fingerprint density at radius 2 is 1.73 bits per heavy atom. The highest BCUT2D eigenvalue weighted by Gasteiger charge is 2.24. The number of carbonyl (C=O) groups is 1. The number of aryl methyl sites for hydroxylation is 2. The quantitative estimate of drug-likeness (QED) is 0.620. The zero-order valence-corrected chi connectivity index (χ0v) is 18.2. The van der Waals surface area contributed by atoms with Gasteiger partial charge in [0.25, 0.3) is 5.91 Å². The molecule has 30 heavy (non-hydrogen) atoms. The van der Waals surface area contributed by atoms with Crippen molar-refractivity contribution in [1.82, 2.24) is 9.13 Å². The average Bonchev–Trinajstić information content (AvgIpc) is 2.95. The molecule has 3 rings (SSSR count). The summed E-state index contributed by atoms with van der Waals surface area (Å²) < 4.78 is 34.1. The fourth-order valence-electron chi connectivity index (χ4n) is 3.35. The van der Waals surface area contributed by atoms with E-state index in [0.717, 1.165) is 0 Å². The lowest BCUT2D eigenvalue weighted by Gasteiger charge is -2.14. The maximum absolute atomic E-state index is 13.0. The first-order valence-corrected chi connectivity index (χ1v) is 11.2. The van der Waals surface area contributed by atoms with Crippen LogP contribution in [0.3, 0.4) is 0 Å². The average molecular weight is 432 g/mol. The van der Waals surface area contributed by atoms with Crippen molar-refractivity contribution in [3.8, 4) is 5.75 Å². The third-order valence-electron chi connectivity index (χ3n) is 5.07. The number of benzene rings is 2. The van der Waals surface area contributed by atoms with E-state index in [2.05, 4.69) is 5.32 Å². The van der Waals surface area contributed by atoms with Crippen LogP contribution in [0.1, 0.15) is 30.1 Å². The van der Waals surface area contributed by atoms with Gasteiger partial charge in [0.1, 0.15) is 5.75 Å². The first kappa shape index (κ1) is 21.6. The van der Waals surface area contributed by atoms with Gasteiger partial charge in [-0.15, -0.1) is 0 Å². The molecule has 0 saturated heterocycles. The largest absolute Gasteiger partial charge is 0.496 e. The van der Waals surface area contributed by atoms with Gasteiger partial charge in [-0.25, -0.2) is 13.2 Å². The van der Waals surface area contributed by atoms with Crippen molar-refractivity contribution in [2.24, 2.45) is 14.1 Å². The summed E-state index contributed by atoms with van der Waals surface area (Å²) in [4.78, 5) is 25.2. The van der Waals surface area contributed by atoms with Gasteiger partial charge < -0.3 is 10.1 Å². The topological polar surface area (TPSA) is 99.4 Å². The zero-order valence-electron chi connectivity index (χ0n) is 17.4. The van der Waals surface area contributed by atoms with Gasteiger partial charge in [-0.05, 0) is 30.7 Å². The van der Waals surface area contributed by atoms with E-state index in [1.807, 2.05) is 6.92 Å². The van der Waals surface area contributed by atoms with Crippen LogP contribution < -0.4 is 15.7 Å². The number of ether oxygens (including phenoxy) is 1. The van der Waals surface area contributed by atoms with E-state index in [4.69, 9.17) is 4.74 Å². The van der Waals surface area contributed by atoms with E-state index in [0.29, 0.717) is 29.6 Å². The van der Waals surface area contributed by atoms with Crippen LogP contribution in [0.25, 0.3) is 11.0 Å². The first-order chi connectivity index (χ1) is 14.2. The van der Waals surface area contributed by atoms with Gasteiger partial charge in [-0.1, -0.05) is 25.5 Å². The number of fused-ring (bicyclic) bond motifs is 1. The van der Waals surface area contributed by atoms with Crippen LogP contribution in [-0.2, 0) is 23.9 Å². The maximum atomic E-state index is 13.0. The molecule has 8 nitrogen and oxygen atoms in total. The number of rotatable bonds is 7. The van der Waals surface area contributed by atoms with Gasteiger partial charge in [-0.3, -0.25) is 13.9 Å². The van der Waals surface area contributed by atoms with Crippen molar-refractivity contribution in [2.75, 3.05) is 18.2 Å². The van der Waals surface area contributed by atoms with Gasteiger partial charge in [-0.2, -0.15) is 0 Å². The molecule has 2 aromatic carbocycles. The van der Waals surface area contributed by atoms with Gasteiger partial charge in [0, 0.05) is 14.1 Å². The Labute approximate surface area is 175 Å². The van der Waals surface area contributed by atoms with Crippen LogP contribution in [0.15, 0.2) is 46.1 Å². The Balaban J connectivity index is 2.18. The lowest BCUT2D eigenvalue weighted by Crippen LogP contribution is -2.19. The molecule has 1 aromatic heterocycles. The summed E-state index contributed by atoms with van der Waals surface area (Å²) in [6.07, 6.45) is 1.21. The monoisotopic (exact) mass is 431 g/mol. The van der Waals surface area contributed by atoms with Crippen molar-refractivity contribution >= 4 is 32.5 Å². The van der Waals surface area contributed by atoms with Crippen molar-refractivity contribution in [3.63, 3.8) is 0 Å².